The summed E-state index contributed by atoms with van der Waals surface area (Å²) in [7, 11) is 1.67. The van der Waals surface area contributed by atoms with Crippen molar-refractivity contribution >= 4 is 6.08 Å². The first-order valence-electron chi connectivity index (χ1n) is 6.77. The Hall–Kier alpha value is -2.22. The molecule has 0 radical (unpaired) electrons. The zero-order valence-corrected chi connectivity index (χ0v) is 12.0. The lowest BCUT2D eigenvalue weighted by molar-refractivity contribution is 0.251. The van der Waals surface area contributed by atoms with Gasteiger partial charge in [-0.05, 0) is 60.9 Å². The second-order valence-corrected chi connectivity index (χ2v) is 5.15. The van der Waals surface area contributed by atoms with Crippen LogP contribution in [-0.4, -0.2) is 7.11 Å². The topological polar surface area (TPSA) is 18.5 Å². The molecule has 2 aromatic carbocycles. The van der Waals surface area contributed by atoms with Crippen molar-refractivity contribution in [2.45, 2.75) is 20.0 Å². The molecule has 1 atom stereocenters. The van der Waals surface area contributed by atoms with E-state index in [4.69, 9.17) is 9.47 Å². The second kappa shape index (κ2) is 5.04. The van der Waals surface area contributed by atoms with Crippen LogP contribution in [0.4, 0.5) is 0 Å². The molecule has 1 aliphatic heterocycles. The Bertz CT molecular complexity index is 654. The van der Waals surface area contributed by atoms with Crippen molar-refractivity contribution in [3.63, 3.8) is 0 Å². The van der Waals surface area contributed by atoms with Crippen LogP contribution in [0.3, 0.4) is 0 Å². The highest BCUT2D eigenvalue weighted by molar-refractivity contribution is 5.62. The number of rotatable bonds is 2. The van der Waals surface area contributed by atoms with Gasteiger partial charge in [0, 0.05) is 5.56 Å². The highest BCUT2D eigenvalue weighted by Crippen LogP contribution is 2.34. The Labute approximate surface area is 119 Å². The molecule has 2 aromatic rings. The molecule has 3 rings (SSSR count). The summed E-state index contributed by atoms with van der Waals surface area (Å²) in [5, 5.41) is 0. The van der Waals surface area contributed by atoms with Gasteiger partial charge in [0.05, 0.1) is 7.11 Å². The molecule has 0 N–H and O–H groups in total. The molecule has 0 saturated heterocycles. The Kier molecular flexibility index (Phi) is 3.23. The number of hydrogen-bond donors (Lipinski definition) is 0. The van der Waals surface area contributed by atoms with Crippen LogP contribution in [0.1, 0.15) is 28.4 Å². The van der Waals surface area contributed by atoms with E-state index in [0.717, 1.165) is 22.6 Å². The van der Waals surface area contributed by atoms with Crippen LogP contribution in [0.2, 0.25) is 0 Å². The summed E-state index contributed by atoms with van der Waals surface area (Å²) in [6.07, 6.45) is 4.20. The van der Waals surface area contributed by atoms with Crippen molar-refractivity contribution < 1.29 is 9.47 Å². The molecular formula is C18H18O2. The van der Waals surface area contributed by atoms with Gasteiger partial charge in [-0.2, -0.15) is 0 Å². The molecule has 0 bridgehead atoms. The standard InChI is InChI=1S/C18H18O2/c1-12-10-15-6-9-17(20-18(15)11-13(12)2)14-4-7-16(19-3)8-5-14/h4-11,17H,1-3H3. The normalized spacial score (nSPS) is 16.4. The predicted octanol–water partition coefficient (Wildman–Crippen LogP) is 4.46. The third-order valence-electron chi connectivity index (χ3n) is 3.77. The molecule has 20 heavy (non-hydrogen) atoms. The molecule has 1 unspecified atom stereocenters. The fourth-order valence-corrected chi connectivity index (χ4v) is 2.38. The summed E-state index contributed by atoms with van der Waals surface area (Å²) < 4.78 is 11.3. The van der Waals surface area contributed by atoms with Crippen LogP contribution in [0.25, 0.3) is 6.08 Å². The van der Waals surface area contributed by atoms with E-state index in [1.807, 2.05) is 24.3 Å². The van der Waals surface area contributed by atoms with E-state index in [2.05, 4.69) is 38.1 Å². The first kappa shape index (κ1) is 12.8. The van der Waals surface area contributed by atoms with E-state index in [9.17, 15) is 0 Å². The zero-order chi connectivity index (χ0) is 14.1. The van der Waals surface area contributed by atoms with Crippen molar-refractivity contribution in [2.75, 3.05) is 7.11 Å². The van der Waals surface area contributed by atoms with Gasteiger partial charge in [0.1, 0.15) is 17.6 Å². The van der Waals surface area contributed by atoms with Gasteiger partial charge in [0.25, 0.3) is 0 Å². The Balaban J connectivity index is 1.90. The molecular weight excluding hydrogens is 248 g/mol. The van der Waals surface area contributed by atoms with Gasteiger partial charge in [0.2, 0.25) is 0 Å². The van der Waals surface area contributed by atoms with E-state index >= 15 is 0 Å². The second-order valence-electron chi connectivity index (χ2n) is 5.15. The highest BCUT2D eigenvalue weighted by atomic mass is 16.5. The average Bonchev–Trinajstić information content (AvgIpc) is 2.48. The summed E-state index contributed by atoms with van der Waals surface area (Å²) in [5.74, 6) is 1.82. The van der Waals surface area contributed by atoms with E-state index < -0.39 is 0 Å². The van der Waals surface area contributed by atoms with E-state index in [-0.39, 0.29) is 6.10 Å². The molecule has 1 aliphatic rings. The lowest BCUT2D eigenvalue weighted by Crippen LogP contribution is -2.09. The van der Waals surface area contributed by atoms with Crippen LogP contribution in [0.15, 0.2) is 42.5 Å². The van der Waals surface area contributed by atoms with Gasteiger partial charge in [-0.3, -0.25) is 0 Å². The quantitative estimate of drug-likeness (QED) is 0.799. The third-order valence-corrected chi connectivity index (χ3v) is 3.77. The molecule has 0 amide bonds. The Morgan fingerprint density at radius 3 is 2.40 bits per heavy atom. The smallest absolute Gasteiger partial charge is 0.142 e. The number of ether oxygens (including phenoxy) is 2. The molecule has 102 valence electrons. The molecule has 2 heteroatoms. The minimum Gasteiger partial charge on any atom is -0.497 e. The Morgan fingerprint density at radius 1 is 1.00 bits per heavy atom. The first-order valence-corrected chi connectivity index (χ1v) is 6.77. The third kappa shape index (κ3) is 2.29. The summed E-state index contributed by atoms with van der Waals surface area (Å²) >= 11 is 0. The van der Waals surface area contributed by atoms with Gasteiger partial charge in [0.15, 0.2) is 0 Å². The van der Waals surface area contributed by atoms with Gasteiger partial charge in [-0.25, -0.2) is 0 Å². The van der Waals surface area contributed by atoms with Gasteiger partial charge in [-0.15, -0.1) is 0 Å². The largest absolute Gasteiger partial charge is 0.497 e. The summed E-state index contributed by atoms with van der Waals surface area (Å²) in [6, 6.07) is 12.3. The minimum absolute atomic E-state index is 0.0319. The van der Waals surface area contributed by atoms with Crippen LogP contribution < -0.4 is 9.47 Å². The van der Waals surface area contributed by atoms with Crippen molar-refractivity contribution in [3.8, 4) is 11.5 Å². The lowest BCUT2D eigenvalue weighted by Gasteiger charge is -2.23. The SMILES string of the molecule is COc1ccc(C2C=Cc3cc(C)c(C)cc3O2)cc1. The average molecular weight is 266 g/mol. The van der Waals surface area contributed by atoms with Gasteiger partial charge < -0.3 is 9.47 Å². The van der Waals surface area contributed by atoms with Crippen LogP contribution in [-0.2, 0) is 0 Å². The number of methoxy groups -OCH3 is 1. The lowest BCUT2D eigenvalue weighted by atomic mass is 10.0. The molecule has 0 fully saturated rings. The fraction of sp³-hybridized carbons (Fsp3) is 0.222. The molecule has 0 spiro atoms. The predicted molar refractivity (Wildman–Crippen MR) is 81.3 cm³/mol. The van der Waals surface area contributed by atoms with Crippen molar-refractivity contribution in [3.05, 3.63) is 64.7 Å². The van der Waals surface area contributed by atoms with Crippen LogP contribution >= 0.6 is 0 Å². The maximum atomic E-state index is 6.10. The molecule has 2 nitrogen and oxygen atoms in total. The monoisotopic (exact) mass is 266 g/mol. The zero-order valence-electron chi connectivity index (χ0n) is 12.0. The van der Waals surface area contributed by atoms with Crippen molar-refractivity contribution in [1.82, 2.24) is 0 Å². The summed E-state index contributed by atoms with van der Waals surface area (Å²) in [4.78, 5) is 0. The number of aryl methyl sites for hydroxylation is 2. The number of hydrogen-bond acceptors (Lipinski definition) is 2. The Morgan fingerprint density at radius 2 is 1.70 bits per heavy atom. The van der Waals surface area contributed by atoms with E-state index in [1.54, 1.807) is 7.11 Å². The minimum atomic E-state index is -0.0319. The molecule has 0 aliphatic carbocycles. The highest BCUT2D eigenvalue weighted by Gasteiger charge is 2.17. The van der Waals surface area contributed by atoms with E-state index in [1.165, 1.54) is 11.1 Å². The van der Waals surface area contributed by atoms with Crippen molar-refractivity contribution in [2.24, 2.45) is 0 Å². The van der Waals surface area contributed by atoms with Crippen molar-refractivity contribution in [1.29, 1.82) is 0 Å². The van der Waals surface area contributed by atoms with Crippen LogP contribution in [0, 0.1) is 13.8 Å². The molecule has 1 heterocycles. The first-order chi connectivity index (χ1) is 9.67. The van der Waals surface area contributed by atoms with Gasteiger partial charge in [-0.1, -0.05) is 18.2 Å². The van der Waals surface area contributed by atoms with Gasteiger partial charge >= 0.3 is 0 Å². The molecule has 0 saturated carbocycles. The summed E-state index contributed by atoms with van der Waals surface area (Å²) in [5.41, 5.74) is 4.83. The maximum Gasteiger partial charge on any atom is 0.142 e. The van der Waals surface area contributed by atoms with Crippen LogP contribution in [0.5, 0.6) is 11.5 Å². The number of benzene rings is 2. The fourth-order valence-electron chi connectivity index (χ4n) is 2.38. The number of fused-ring (bicyclic) bond motifs is 1. The summed E-state index contributed by atoms with van der Waals surface area (Å²) in [6.45, 7) is 4.23. The maximum absolute atomic E-state index is 6.10. The molecule has 0 aromatic heterocycles. The van der Waals surface area contributed by atoms with E-state index in [0.29, 0.717) is 0 Å².